The van der Waals surface area contributed by atoms with Gasteiger partial charge in [0.25, 0.3) is 0 Å². The Morgan fingerprint density at radius 1 is 0.920 bits per heavy atom. The number of hydrogen-bond acceptors (Lipinski definition) is 2. The van der Waals surface area contributed by atoms with Crippen LogP contribution < -0.4 is 5.32 Å². The number of phenols is 1. The van der Waals surface area contributed by atoms with Crippen LogP contribution in [0.25, 0.3) is 11.1 Å². The molecule has 0 aliphatic carbocycles. The molecule has 1 atom stereocenters. The van der Waals surface area contributed by atoms with Crippen LogP contribution in [-0.2, 0) is 4.79 Å². The fraction of sp³-hybridized carbons (Fsp3) is 0.0952. The standard InChI is InChI=1S/C21H16ClNO2/c1-12-2-4-13(5-3-12)14-6-8-16-18(10-14)23-21(25)20(16)17-11-15(22)7-9-19(17)24/h2-11,20,24H,1H3,(H,23,25). The molecule has 4 heteroatoms. The highest BCUT2D eigenvalue weighted by molar-refractivity contribution is 6.30. The van der Waals surface area contributed by atoms with Crippen molar-refractivity contribution in [3.05, 3.63) is 82.4 Å². The molecule has 0 saturated heterocycles. The fourth-order valence-corrected chi connectivity index (χ4v) is 3.43. The van der Waals surface area contributed by atoms with E-state index in [0.29, 0.717) is 10.6 Å². The summed E-state index contributed by atoms with van der Waals surface area (Å²) >= 11 is 6.05. The number of carbonyl (C=O) groups is 1. The highest BCUT2D eigenvalue weighted by Crippen LogP contribution is 2.42. The lowest BCUT2D eigenvalue weighted by atomic mass is 9.90. The Hall–Kier alpha value is -2.78. The predicted molar refractivity (Wildman–Crippen MR) is 100 cm³/mol. The summed E-state index contributed by atoms with van der Waals surface area (Å²) in [5.41, 5.74) is 5.47. The van der Waals surface area contributed by atoms with E-state index in [2.05, 4.69) is 36.5 Å². The van der Waals surface area contributed by atoms with Gasteiger partial charge in [0.05, 0.1) is 5.92 Å². The summed E-state index contributed by atoms with van der Waals surface area (Å²) in [4.78, 5) is 12.5. The van der Waals surface area contributed by atoms with Gasteiger partial charge in [-0.05, 0) is 47.9 Å². The number of aryl methyl sites for hydroxylation is 1. The molecule has 1 heterocycles. The quantitative estimate of drug-likeness (QED) is 0.675. The summed E-state index contributed by atoms with van der Waals surface area (Å²) in [6, 6.07) is 18.9. The molecule has 3 nitrogen and oxygen atoms in total. The third kappa shape index (κ3) is 2.77. The van der Waals surface area contributed by atoms with Crippen LogP contribution >= 0.6 is 11.6 Å². The minimum absolute atomic E-state index is 0.0695. The largest absolute Gasteiger partial charge is 0.508 e. The summed E-state index contributed by atoms with van der Waals surface area (Å²) in [6.45, 7) is 2.05. The van der Waals surface area contributed by atoms with Crippen molar-refractivity contribution in [2.45, 2.75) is 12.8 Å². The van der Waals surface area contributed by atoms with Gasteiger partial charge in [0.2, 0.25) is 5.91 Å². The number of phenolic OH excluding ortho intramolecular Hbond substituents is 1. The van der Waals surface area contributed by atoms with Crippen molar-refractivity contribution in [2.75, 3.05) is 5.32 Å². The van der Waals surface area contributed by atoms with Crippen LogP contribution in [0.5, 0.6) is 5.75 Å². The Morgan fingerprint density at radius 2 is 1.64 bits per heavy atom. The van der Waals surface area contributed by atoms with Crippen LogP contribution in [0.2, 0.25) is 5.02 Å². The van der Waals surface area contributed by atoms with Gasteiger partial charge in [-0.1, -0.05) is 53.6 Å². The highest BCUT2D eigenvalue weighted by atomic mass is 35.5. The van der Waals surface area contributed by atoms with E-state index in [0.717, 1.165) is 22.4 Å². The molecular formula is C21H16ClNO2. The molecule has 3 aromatic rings. The number of hydrogen-bond donors (Lipinski definition) is 2. The predicted octanol–water partition coefficient (Wildman–Crippen LogP) is 5.11. The number of benzene rings is 3. The van der Waals surface area contributed by atoms with Gasteiger partial charge >= 0.3 is 0 Å². The second kappa shape index (κ2) is 5.94. The van der Waals surface area contributed by atoms with E-state index < -0.39 is 5.92 Å². The summed E-state index contributed by atoms with van der Waals surface area (Å²) in [7, 11) is 0. The summed E-state index contributed by atoms with van der Waals surface area (Å²) < 4.78 is 0. The smallest absolute Gasteiger partial charge is 0.236 e. The zero-order chi connectivity index (χ0) is 17.6. The maximum absolute atomic E-state index is 12.5. The third-order valence-electron chi connectivity index (χ3n) is 4.57. The number of amides is 1. The van der Waals surface area contributed by atoms with Crippen LogP contribution in [0.4, 0.5) is 5.69 Å². The van der Waals surface area contributed by atoms with Crippen molar-refractivity contribution < 1.29 is 9.90 Å². The van der Waals surface area contributed by atoms with Gasteiger partial charge < -0.3 is 10.4 Å². The van der Waals surface area contributed by atoms with Crippen molar-refractivity contribution in [2.24, 2.45) is 0 Å². The number of anilines is 1. The molecule has 25 heavy (non-hydrogen) atoms. The molecule has 0 fully saturated rings. The van der Waals surface area contributed by atoms with E-state index in [1.54, 1.807) is 12.1 Å². The van der Waals surface area contributed by atoms with Crippen LogP contribution in [0, 0.1) is 6.92 Å². The van der Waals surface area contributed by atoms with Gasteiger partial charge in [0, 0.05) is 16.3 Å². The van der Waals surface area contributed by atoms with Gasteiger partial charge in [0.15, 0.2) is 0 Å². The molecule has 2 N–H and O–H groups in total. The van der Waals surface area contributed by atoms with Crippen molar-refractivity contribution in [1.82, 2.24) is 0 Å². The molecular weight excluding hydrogens is 334 g/mol. The Balaban J connectivity index is 1.78. The summed E-state index contributed by atoms with van der Waals surface area (Å²) in [5.74, 6) is -0.644. The Kier molecular flexibility index (Phi) is 3.74. The normalized spacial score (nSPS) is 15.8. The monoisotopic (exact) mass is 349 g/mol. The van der Waals surface area contributed by atoms with Gasteiger partial charge in [-0.15, -0.1) is 0 Å². The van der Waals surface area contributed by atoms with E-state index in [9.17, 15) is 9.90 Å². The van der Waals surface area contributed by atoms with E-state index in [1.165, 1.54) is 11.6 Å². The molecule has 3 aromatic carbocycles. The topological polar surface area (TPSA) is 49.3 Å². The average molecular weight is 350 g/mol. The third-order valence-corrected chi connectivity index (χ3v) is 4.80. The van der Waals surface area contributed by atoms with E-state index in [1.807, 2.05) is 18.2 Å². The second-order valence-corrected chi connectivity index (χ2v) is 6.73. The molecule has 0 aromatic heterocycles. The molecule has 1 unspecified atom stereocenters. The Bertz CT molecular complexity index is 980. The first kappa shape index (κ1) is 15.7. The van der Waals surface area contributed by atoms with E-state index in [-0.39, 0.29) is 11.7 Å². The summed E-state index contributed by atoms with van der Waals surface area (Å²) in [6.07, 6.45) is 0. The minimum atomic E-state index is -0.555. The van der Waals surface area contributed by atoms with Crippen molar-refractivity contribution in [3.8, 4) is 16.9 Å². The molecule has 1 amide bonds. The van der Waals surface area contributed by atoms with Gasteiger partial charge in [-0.25, -0.2) is 0 Å². The maximum Gasteiger partial charge on any atom is 0.236 e. The zero-order valence-electron chi connectivity index (χ0n) is 13.6. The minimum Gasteiger partial charge on any atom is -0.508 e. The van der Waals surface area contributed by atoms with E-state index >= 15 is 0 Å². The SMILES string of the molecule is Cc1ccc(-c2ccc3c(c2)NC(=O)C3c2cc(Cl)ccc2O)cc1. The van der Waals surface area contributed by atoms with Crippen molar-refractivity contribution in [1.29, 1.82) is 0 Å². The number of nitrogens with one attached hydrogen (secondary N) is 1. The second-order valence-electron chi connectivity index (χ2n) is 6.29. The Morgan fingerprint density at radius 3 is 2.40 bits per heavy atom. The molecule has 0 saturated carbocycles. The van der Waals surface area contributed by atoms with Crippen LogP contribution in [0.1, 0.15) is 22.6 Å². The fourth-order valence-electron chi connectivity index (χ4n) is 3.25. The number of rotatable bonds is 2. The molecule has 0 bridgehead atoms. The maximum atomic E-state index is 12.5. The molecule has 1 aliphatic rings. The number of halogens is 1. The Labute approximate surface area is 150 Å². The lowest BCUT2D eigenvalue weighted by Gasteiger charge is -2.12. The van der Waals surface area contributed by atoms with Gasteiger partial charge in [0.1, 0.15) is 5.75 Å². The van der Waals surface area contributed by atoms with Crippen molar-refractivity contribution >= 4 is 23.2 Å². The molecule has 0 radical (unpaired) electrons. The zero-order valence-corrected chi connectivity index (χ0v) is 14.3. The lowest BCUT2D eigenvalue weighted by molar-refractivity contribution is -0.116. The number of fused-ring (bicyclic) bond motifs is 1. The first-order valence-electron chi connectivity index (χ1n) is 8.03. The van der Waals surface area contributed by atoms with Crippen LogP contribution in [0.15, 0.2) is 60.7 Å². The van der Waals surface area contributed by atoms with E-state index in [4.69, 9.17) is 11.6 Å². The van der Waals surface area contributed by atoms with Gasteiger partial charge in [-0.2, -0.15) is 0 Å². The summed E-state index contributed by atoms with van der Waals surface area (Å²) in [5, 5.41) is 13.6. The lowest BCUT2D eigenvalue weighted by Crippen LogP contribution is -2.13. The number of aromatic hydroxyl groups is 1. The molecule has 0 spiro atoms. The van der Waals surface area contributed by atoms with Crippen LogP contribution in [0.3, 0.4) is 0 Å². The van der Waals surface area contributed by atoms with Crippen molar-refractivity contribution in [3.63, 3.8) is 0 Å². The first-order valence-corrected chi connectivity index (χ1v) is 8.41. The van der Waals surface area contributed by atoms with Gasteiger partial charge in [-0.3, -0.25) is 4.79 Å². The highest BCUT2D eigenvalue weighted by Gasteiger charge is 2.33. The number of carbonyl (C=O) groups excluding carboxylic acids is 1. The molecule has 124 valence electrons. The molecule has 1 aliphatic heterocycles. The first-order chi connectivity index (χ1) is 12.0. The average Bonchev–Trinajstić information content (AvgIpc) is 2.92. The molecule has 4 rings (SSSR count). The van der Waals surface area contributed by atoms with Crippen LogP contribution in [-0.4, -0.2) is 11.0 Å².